The topological polar surface area (TPSA) is 77.2 Å². The minimum absolute atomic E-state index is 0.0814. The van der Waals surface area contributed by atoms with Crippen LogP contribution in [0.25, 0.3) is 33.5 Å². The summed E-state index contributed by atoms with van der Waals surface area (Å²) in [4.78, 5) is 21.3. The van der Waals surface area contributed by atoms with Crippen LogP contribution >= 0.6 is 38.9 Å². The molecule has 0 bridgehead atoms. The summed E-state index contributed by atoms with van der Waals surface area (Å²) in [5.74, 6) is 1.08. The molecule has 6 nitrogen and oxygen atoms in total. The number of aromatic nitrogens is 2. The van der Waals surface area contributed by atoms with E-state index in [-0.39, 0.29) is 11.8 Å². The van der Waals surface area contributed by atoms with E-state index in [0.717, 1.165) is 22.0 Å². The predicted molar refractivity (Wildman–Crippen MR) is 134 cm³/mol. The summed E-state index contributed by atoms with van der Waals surface area (Å²) >= 11 is 11.6. The van der Waals surface area contributed by atoms with Crippen LogP contribution in [-0.2, 0) is 4.79 Å². The third-order valence-corrected chi connectivity index (χ3v) is 6.74. The fourth-order valence-corrected chi connectivity index (χ4v) is 4.64. The molecule has 3 aromatic heterocycles. The number of carbonyl (C=O) groups excluding carboxylic acids is 1. The van der Waals surface area contributed by atoms with Gasteiger partial charge in [-0.05, 0) is 46.5 Å². The van der Waals surface area contributed by atoms with Crippen LogP contribution in [0.3, 0.4) is 0 Å². The number of anilines is 1. The molecule has 4 aromatic rings. The zero-order valence-electron chi connectivity index (χ0n) is 18.2. The number of hydrogen-bond acceptors (Lipinski definition) is 6. The minimum atomic E-state index is -0.127. The van der Waals surface area contributed by atoms with E-state index in [9.17, 15) is 4.79 Å². The molecule has 0 fully saturated rings. The molecule has 0 aliphatic rings. The second-order valence-corrected chi connectivity index (χ2v) is 10.3. The number of carbonyl (C=O) groups is 1. The summed E-state index contributed by atoms with van der Waals surface area (Å²) in [6.45, 7) is 8.62. The lowest BCUT2D eigenvalue weighted by atomic mass is 10.1. The first kappa shape index (κ1) is 23.0. The maximum Gasteiger partial charge on any atom is 0.228 e. The molecule has 0 aliphatic carbocycles. The third kappa shape index (κ3) is 4.63. The van der Waals surface area contributed by atoms with Gasteiger partial charge in [0.15, 0.2) is 10.7 Å². The fourth-order valence-electron chi connectivity index (χ4n) is 3.07. The van der Waals surface area contributed by atoms with Gasteiger partial charge in [-0.2, -0.15) is 0 Å². The Kier molecular flexibility index (Phi) is 6.74. The average Bonchev–Trinajstić information content (AvgIpc) is 3.34. The molecule has 0 saturated carbocycles. The molecule has 168 valence electrons. The quantitative estimate of drug-likeness (QED) is 0.264. The van der Waals surface area contributed by atoms with Gasteiger partial charge >= 0.3 is 0 Å². The Morgan fingerprint density at radius 3 is 2.75 bits per heavy atom. The first-order valence-electron chi connectivity index (χ1n) is 10.4. The summed E-state index contributed by atoms with van der Waals surface area (Å²) in [7, 11) is 0. The molecule has 0 radical (unpaired) electrons. The van der Waals surface area contributed by atoms with E-state index in [1.807, 2.05) is 31.4 Å². The Labute approximate surface area is 203 Å². The van der Waals surface area contributed by atoms with Crippen LogP contribution in [0.4, 0.5) is 5.13 Å². The molecule has 0 atom stereocenters. The number of furan rings is 1. The number of nitrogens with one attached hydrogen (secondary N) is 1. The van der Waals surface area contributed by atoms with Crippen molar-refractivity contribution in [1.29, 1.82) is 0 Å². The van der Waals surface area contributed by atoms with Crippen molar-refractivity contribution < 1.29 is 13.9 Å². The number of hydrogen-bond donors (Lipinski definition) is 1. The maximum atomic E-state index is 12.0. The standard InChI is InChI=1S/C23H23BrClN3O3S/c1-11(2)7-8-30-17-6-5-16-18(19(17)24)20-21(31-16)13(25)9-14(26-20)15-10-32-23(27-15)28-22(29)12(3)4/h5-6,9-12H,7-8H2,1-4H3,(H,27,28,29). The number of benzene rings is 1. The van der Waals surface area contributed by atoms with Crippen molar-refractivity contribution in [2.24, 2.45) is 11.8 Å². The van der Waals surface area contributed by atoms with E-state index < -0.39 is 0 Å². The van der Waals surface area contributed by atoms with Gasteiger partial charge in [-0.3, -0.25) is 4.79 Å². The molecule has 0 spiro atoms. The van der Waals surface area contributed by atoms with Gasteiger partial charge in [-0.1, -0.05) is 39.3 Å². The number of amides is 1. The van der Waals surface area contributed by atoms with Gasteiger partial charge in [0.2, 0.25) is 5.91 Å². The number of pyridine rings is 1. The van der Waals surface area contributed by atoms with Crippen LogP contribution in [0, 0.1) is 11.8 Å². The highest BCUT2D eigenvalue weighted by Gasteiger charge is 2.20. The summed E-state index contributed by atoms with van der Waals surface area (Å²) in [6, 6.07) is 5.47. The summed E-state index contributed by atoms with van der Waals surface area (Å²) in [6.07, 6.45) is 0.963. The van der Waals surface area contributed by atoms with Crippen LogP contribution < -0.4 is 10.1 Å². The van der Waals surface area contributed by atoms with Crippen molar-refractivity contribution >= 4 is 72.0 Å². The molecule has 1 aromatic carbocycles. The van der Waals surface area contributed by atoms with Gasteiger partial charge in [0, 0.05) is 11.3 Å². The van der Waals surface area contributed by atoms with Gasteiger partial charge < -0.3 is 14.5 Å². The van der Waals surface area contributed by atoms with Crippen molar-refractivity contribution in [3.63, 3.8) is 0 Å². The molecule has 9 heteroatoms. The van der Waals surface area contributed by atoms with Crippen LogP contribution in [-0.4, -0.2) is 22.5 Å². The van der Waals surface area contributed by atoms with E-state index in [0.29, 0.717) is 50.7 Å². The predicted octanol–water partition coefficient (Wildman–Crippen LogP) is 7.54. The van der Waals surface area contributed by atoms with Crippen LogP contribution in [0.1, 0.15) is 34.1 Å². The number of nitrogens with zero attached hydrogens (tertiary/aromatic N) is 2. The van der Waals surface area contributed by atoms with E-state index in [2.05, 4.69) is 40.1 Å². The molecule has 0 aliphatic heterocycles. The molecule has 3 heterocycles. The van der Waals surface area contributed by atoms with Crippen molar-refractivity contribution in [2.75, 3.05) is 11.9 Å². The van der Waals surface area contributed by atoms with Crippen molar-refractivity contribution in [1.82, 2.24) is 9.97 Å². The number of rotatable bonds is 7. The highest BCUT2D eigenvalue weighted by Crippen LogP contribution is 2.42. The molecule has 0 unspecified atom stereocenters. The van der Waals surface area contributed by atoms with Gasteiger partial charge in [-0.15, -0.1) is 11.3 Å². The Morgan fingerprint density at radius 2 is 2.03 bits per heavy atom. The molecule has 4 rings (SSSR count). The highest BCUT2D eigenvalue weighted by atomic mass is 79.9. The lowest BCUT2D eigenvalue weighted by Crippen LogP contribution is -2.17. The monoisotopic (exact) mass is 535 g/mol. The second-order valence-electron chi connectivity index (χ2n) is 8.23. The smallest absolute Gasteiger partial charge is 0.228 e. The summed E-state index contributed by atoms with van der Waals surface area (Å²) in [5.41, 5.74) is 3.04. The molecule has 0 saturated heterocycles. The number of halogens is 2. The van der Waals surface area contributed by atoms with E-state index >= 15 is 0 Å². The molecule has 32 heavy (non-hydrogen) atoms. The Morgan fingerprint density at radius 1 is 1.25 bits per heavy atom. The van der Waals surface area contributed by atoms with Crippen LogP contribution in [0.15, 0.2) is 32.5 Å². The molecular weight excluding hydrogens is 514 g/mol. The van der Waals surface area contributed by atoms with Crippen molar-refractivity contribution in [3.05, 3.63) is 33.1 Å². The molecule has 1 N–H and O–H groups in total. The lowest BCUT2D eigenvalue weighted by Gasteiger charge is -2.10. The van der Waals surface area contributed by atoms with Crippen molar-refractivity contribution in [3.8, 4) is 17.1 Å². The SMILES string of the molecule is CC(C)CCOc1ccc2oc3c(Cl)cc(-c4csc(NC(=O)C(C)C)n4)nc3c2c1Br. The van der Waals surface area contributed by atoms with Crippen molar-refractivity contribution in [2.45, 2.75) is 34.1 Å². The van der Waals surface area contributed by atoms with Gasteiger partial charge in [0.05, 0.1) is 27.2 Å². The number of thiazole rings is 1. The second kappa shape index (κ2) is 9.37. The Hall–Kier alpha value is -2.16. The fraction of sp³-hybridized carbons (Fsp3) is 0.348. The third-order valence-electron chi connectivity index (χ3n) is 4.92. The largest absolute Gasteiger partial charge is 0.492 e. The number of fused-ring (bicyclic) bond motifs is 3. The Bertz CT molecular complexity index is 1300. The van der Waals surface area contributed by atoms with Gasteiger partial charge in [-0.25, -0.2) is 9.97 Å². The van der Waals surface area contributed by atoms with E-state index in [1.54, 1.807) is 6.07 Å². The van der Waals surface area contributed by atoms with E-state index in [1.165, 1.54) is 11.3 Å². The van der Waals surface area contributed by atoms with Gasteiger partial charge in [0.1, 0.15) is 22.5 Å². The zero-order chi connectivity index (χ0) is 23.0. The van der Waals surface area contributed by atoms with Crippen LogP contribution in [0.5, 0.6) is 5.75 Å². The maximum absolute atomic E-state index is 12.0. The lowest BCUT2D eigenvalue weighted by molar-refractivity contribution is -0.118. The average molecular weight is 537 g/mol. The van der Waals surface area contributed by atoms with Gasteiger partial charge in [0.25, 0.3) is 0 Å². The minimum Gasteiger partial charge on any atom is -0.492 e. The highest BCUT2D eigenvalue weighted by molar-refractivity contribution is 9.10. The molecular formula is C23H23BrClN3O3S. The summed E-state index contributed by atoms with van der Waals surface area (Å²) < 4.78 is 12.7. The number of ether oxygens (including phenoxy) is 1. The van der Waals surface area contributed by atoms with E-state index in [4.69, 9.17) is 25.7 Å². The Balaban J connectivity index is 1.74. The van der Waals surface area contributed by atoms with Crippen LogP contribution in [0.2, 0.25) is 5.02 Å². The summed E-state index contributed by atoms with van der Waals surface area (Å²) in [5, 5.41) is 6.43. The normalized spacial score (nSPS) is 11.8. The first-order valence-corrected chi connectivity index (χ1v) is 12.4. The molecule has 1 amide bonds. The zero-order valence-corrected chi connectivity index (χ0v) is 21.3. The first-order chi connectivity index (χ1) is 15.2.